The summed E-state index contributed by atoms with van der Waals surface area (Å²) in [5, 5.41) is 0. The summed E-state index contributed by atoms with van der Waals surface area (Å²) in [5.41, 5.74) is 1.04. The van der Waals surface area contributed by atoms with Crippen LogP contribution in [0.5, 0.6) is 23.0 Å². The molecule has 0 saturated heterocycles. The Morgan fingerprint density at radius 1 is 1.00 bits per heavy atom. The second kappa shape index (κ2) is 9.82. The van der Waals surface area contributed by atoms with E-state index >= 15 is 0 Å². The van der Waals surface area contributed by atoms with Gasteiger partial charge in [0.2, 0.25) is 5.75 Å². The highest BCUT2D eigenvalue weighted by Crippen LogP contribution is 2.42. The van der Waals surface area contributed by atoms with Crippen molar-refractivity contribution in [3.05, 3.63) is 66.0 Å². The Labute approximate surface area is 169 Å². The Hall–Kier alpha value is -3.22. The maximum atomic E-state index is 13.2. The summed E-state index contributed by atoms with van der Waals surface area (Å²) < 4.78 is 35.8. The third-order valence-electron chi connectivity index (χ3n) is 4.60. The van der Waals surface area contributed by atoms with Gasteiger partial charge in [0.25, 0.3) is 0 Å². The third kappa shape index (κ3) is 5.40. The molecular formula is C22H25FN2O4. The van der Waals surface area contributed by atoms with Crippen LogP contribution in [0.3, 0.4) is 0 Å². The Balaban J connectivity index is 1.83. The van der Waals surface area contributed by atoms with Crippen LogP contribution in [0.2, 0.25) is 0 Å². The smallest absolute Gasteiger partial charge is 0.204 e. The average Bonchev–Trinajstić information content (AvgIpc) is 3.26. The summed E-state index contributed by atoms with van der Waals surface area (Å²) in [6.07, 6.45) is 5.29. The van der Waals surface area contributed by atoms with Crippen molar-refractivity contribution >= 4 is 0 Å². The fourth-order valence-corrected chi connectivity index (χ4v) is 3.06. The van der Waals surface area contributed by atoms with Crippen LogP contribution in [-0.4, -0.2) is 37.4 Å². The normalized spacial score (nSPS) is 11.7. The number of hydrogen-bond acceptors (Lipinski definition) is 5. The second-order valence-corrected chi connectivity index (χ2v) is 6.51. The molecule has 0 amide bonds. The van der Waals surface area contributed by atoms with Crippen LogP contribution in [0, 0.1) is 5.82 Å². The van der Waals surface area contributed by atoms with Gasteiger partial charge < -0.3 is 23.9 Å². The molecule has 1 N–H and O–H groups in total. The molecule has 0 saturated carbocycles. The van der Waals surface area contributed by atoms with Crippen molar-refractivity contribution in [2.24, 2.45) is 0 Å². The van der Waals surface area contributed by atoms with Gasteiger partial charge >= 0.3 is 0 Å². The topological polar surface area (TPSA) is 65.6 Å². The molecule has 0 aliphatic heterocycles. The van der Waals surface area contributed by atoms with Gasteiger partial charge in [0.05, 0.1) is 21.3 Å². The van der Waals surface area contributed by atoms with E-state index in [0.717, 1.165) is 17.8 Å². The number of nitrogens with zero attached hydrogens (tertiary/aromatic N) is 1. The SMILES string of the molecule is COc1cc(OC)c(OC(CCc2ccc(F)cc2)Cc2ncc[nH]2)c(OC)c1. The summed E-state index contributed by atoms with van der Waals surface area (Å²) >= 11 is 0. The molecule has 6 nitrogen and oxygen atoms in total. The van der Waals surface area contributed by atoms with Gasteiger partial charge in [-0.3, -0.25) is 0 Å². The number of hydrogen-bond donors (Lipinski definition) is 1. The molecule has 1 atom stereocenters. The Morgan fingerprint density at radius 2 is 1.69 bits per heavy atom. The van der Waals surface area contributed by atoms with Crippen molar-refractivity contribution in [2.45, 2.75) is 25.4 Å². The molecule has 3 aromatic rings. The number of halogens is 1. The minimum absolute atomic E-state index is 0.206. The highest BCUT2D eigenvalue weighted by atomic mass is 19.1. The molecule has 0 aliphatic rings. The van der Waals surface area contributed by atoms with E-state index in [1.807, 2.05) is 0 Å². The summed E-state index contributed by atoms with van der Waals surface area (Å²) in [4.78, 5) is 7.42. The number of ether oxygens (including phenoxy) is 4. The van der Waals surface area contributed by atoms with Crippen LogP contribution < -0.4 is 18.9 Å². The van der Waals surface area contributed by atoms with E-state index in [1.165, 1.54) is 12.1 Å². The zero-order valence-electron chi connectivity index (χ0n) is 16.8. The van der Waals surface area contributed by atoms with Gasteiger partial charge in [0.15, 0.2) is 11.5 Å². The van der Waals surface area contributed by atoms with Crippen LogP contribution in [0.4, 0.5) is 4.39 Å². The van der Waals surface area contributed by atoms with E-state index in [2.05, 4.69) is 9.97 Å². The number of methoxy groups -OCH3 is 3. The molecule has 0 bridgehead atoms. The van der Waals surface area contributed by atoms with Crippen LogP contribution in [0.1, 0.15) is 17.8 Å². The Kier molecular flexibility index (Phi) is 6.94. The van der Waals surface area contributed by atoms with Crippen molar-refractivity contribution in [1.82, 2.24) is 9.97 Å². The van der Waals surface area contributed by atoms with Gasteiger partial charge in [-0.05, 0) is 30.5 Å². The maximum absolute atomic E-state index is 13.2. The van der Waals surface area contributed by atoms with E-state index in [-0.39, 0.29) is 11.9 Å². The molecule has 0 radical (unpaired) electrons. The predicted octanol–water partition coefficient (Wildman–Crippen LogP) is 4.20. The number of aromatic nitrogens is 2. The second-order valence-electron chi connectivity index (χ2n) is 6.51. The van der Waals surface area contributed by atoms with Crippen molar-refractivity contribution in [3.63, 3.8) is 0 Å². The van der Waals surface area contributed by atoms with E-state index in [9.17, 15) is 4.39 Å². The van der Waals surface area contributed by atoms with Crippen LogP contribution >= 0.6 is 0 Å². The minimum Gasteiger partial charge on any atom is -0.496 e. The summed E-state index contributed by atoms with van der Waals surface area (Å²) in [6.45, 7) is 0. The fourth-order valence-electron chi connectivity index (χ4n) is 3.06. The van der Waals surface area contributed by atoms with Gasteiger partial charge in [0.1, 0.15) is 23.5 Å². The first kappa shape index (κ1) is 20.5. The molecule has 29 heavy (non-hydrogen) atoms. The highest BCUT2D eigenvalue weighted by Gasteiger charge is 2.21. The number of aryl methyl sites for hydroxylation is 1. The number of aromatic amines is 1. The van der Waals surface area contributed by atoms with Crippen molar-refractivity contribution in [2.75, 3.05) is 21.3 Å². The van der Waals surface area contributed by atoms with E-state index in [0.29, 0.717) is 35.8 Å². The van der Waals surface area contributed by atoms with Crippen LogP contribution in [0.25, 0.3) is 0 Å². The lowest BCUT2D eigenvalue weighted by Crippen LogP contribution is -2.22. The lowest BCUT2D eigenvalue weighted by atomic mass is 10.0. The molecule has 1 aromatic heterocycles. The number of rotatable bonds is 10. The van der Waals surface area contributed by atoms with Gasteiger partial charge in [-0.2, -0.15) is 0 Å². The molecule has 1 heterocycles. The van der Waals surface area contributed by atoms with Crippen molar-refractivity contribution in [1.29, 1.82) is 0 Å². The molecule has 0 spiro atoms. The van der Waals surface area contributed by atoms with E-state index in [4.69, 9.17) is 18.9 Å². The minimum atomic E-state index is -0.246. The molecule has 2 aromatic carbocycles. The van der Waals surface area contributed by atoms with Crippen LogP contribution in [-0.2, 0) is 12.8 Å². The third-order valence-corrected chi connectivity index (χ3v) is 4.60. The molecule has 3 rings (SSSR count). The van der Waals surface area contributed by atoms with Gasteiger partial charge in [-0.1, -0.05) is 12.1 Å². The molecule has 154 valence electrons. The molecule has 7 heteroatoms. The first-order chi connectivity index (χ1) is 14.1. The zero-order chi connectivity index (χ0) is 20.6. The quantitative estimate of drug-likeness (QED) is 0.553. The predicted molar refractivity (Wildman–Crippen MR) is 108 cm³/mol. The Morgan fingerprint density at radius 3 is 2.24 bits per heavy atom. The van der Waals surface area contributed by atoms with Gasteiger partial charge in [0, 0.05) is 30.9 Å². The number of benzene rings is 2. The standard InChI is InChI=1S/C22H25FN2O4/c1-26-18-12-19(27-2)22(20(13-18)28-3)29-17(14-21-24-10-11-25-21)9-6-15-4-7-16(23)8-5-15/h4-5,7-8,10-13,17H,6,9,14H2,1-3H3,(H,24,25). The summed E-state index contributed by atoms with van der Waals surface area (Å²) in [6, 6.07) is 10.0. The number of imidazole rings is 1. The monoisotopic (exact) mass is 400 g/mol. The molecule has 0 aliphatic carbocycles. The highest BCUT2D eigenvalue weighted by molar-refractivity contribution is 5.56. The first-order valence-electron chi connectivity index (χ1n) is 9.32. The lowest BCUT2D eigenvalue weighted by molar-refractivity contribution is 0.173. The number of nitrogens with one attached hydrogen (secondary N) is 1. The molecular weight excluding hydrogens is 375 g/mol. The summed E-state index contributed by atoms with van der Waals surface area (Å²) in [7, 11) is 4.72. The molecule has 0 fully saturated rings. The van der Waals surface area contributed by atoms with Crippen molar-refractivity contribution < 1.29 is 23.3 Å². The number of H-pyrrole nitrogens is 1. The first-order valence-corrected chi connectivity index (χ1v) is 9.32. The average molecular weight is 400 g/mol. The maximum Gasteiger partial charge on any atom is 0.204 e. The zero-order valence-corrected chi connectivity index (χ0v) is 16.8. The van der Waals surface area contributed by atoms with Crippen molar-refractivity contribution in [3.8, 4) is 23.0 Å². The fraction of sp³-hybridized carbons (Fsp3) is 0.318. The van der Waals surface area contributed by atoms with E-state index in [1.54, 1.807) is 58.0 Å². The molecule has 1 unspecified atom stereocenters. The van der Waals surface area contributed by atoms with Gasteiger partial charge in [-0.15, -0.1) is 0 Å². The van der Waals surface area contributed by atoms with Crippen LogP contribution in [0.15, 0.2) is 48.8 Å². The lowest BCUT2D eigenvalue weighted by Gasteiger charge is -2.22. The van der Waals surface area contributed by atoms with Gasteiger partial charge in [-0.25, -0.2) is 9.37 Å². The Bertz CT molecular complexity index is 873. The summed E-state index contributed by atoms with van der Waals surface area (Å²) in [5.74, 6) is 2.73. The largest absolute Gasteiger partial charge is 0.496 e. The van der Waals surface area contributed by atoms with E-state index < -0.39 is 0 Å².